The molecule has 1 N–H and O–H groups in total. The van der Waals surface area contributed by atoms with Crippen LogP contribution in [0.2, 0.25) is 5.02 Å². The number of hydrogen-bond acceptors (Lipinski definition) is 3. The van der Waals surface area contributed by atoms with Crippen molar-refractivity contribution in [3.63, 3.8) is 0 Å². The first-order valence-corrected chi connectivity index (χ1v) is 5.79. The molecule has 0 fully saturated rings. The predicted octanol–water partition coefficient (Wildman–Crippen LogP) is 2.38. The highest BCUT2D eigenvalue weighted by molar-refractivity contribution is 6.36. The summed E-state index contributed by atoms with van der Waals surface area (Å²) in [5, 5.41) is 9.52. The minimum Gasteiger partial charge on any atom is -0.506 e. The summed E-state index contributed by atoms with van der Waals surface area (Å²) in [6.07, 6.45) is 0.605. The van der Waals surface area contributed by atoms with Gasteiger partial charge in [-0.3, -0.25) is 9.59 Å². The van der Waals surface area contributed by atoms with Gasteiger partial charge in [0.2, 0.25) is 5.91 Å². The molecule has 1 amide bonds. The Labute approximate surface area is 104 Å². The van der Waals surface area contributed by atoms with E-state index < -0.39 is 0 Å². The van der Waals surface area contributed by atoms with Crippen LogP contribution in [0.5, 0.6) is 5.75 Å². The largest absolute Gasteiger partial charge is 0.506 e. The standard InChI is InChI=1S/C12H12ClNO3/c1-2-10(17)14-6-5-8(15)11-7(14)3-4-9(16)12(11)13/h3-4,16H,2,5-6H2,1H3. The molecule has 0 atom stereocenters. The third kappa shape index (κ3) is 1.89. The van der Waals surface area contributed by atoms with Crippen molar-refractivity contribution in [1.82, 2.24) is 0 Å². The molecule has 1 aromatic rings. The first kappa shape index (κ1) is 11.9. The highest BCUT2D eigenvalue weighted by atomic mass is 35.5. The van der Waals surface area contributed by atoms with Gasteiger partial charge in [0.1, 0.15) is 5.75 Å². The zero-order valence-electron chi connectivity index (χ0n) is 9.36. The van der Waals surface area contributed by atoms with E-state index in [1.807, 2.05) is 0 Å². The van der Waals surface area contributed by atoms with Gasteiger partial charge in [-0.1, -0.05) is 18.5 Å². The number of aromatic hydroxyl groups is 1. The van der Waals surface area contributed by atoms with E-state index in [9.17, 15) is 14.7 Å². The molecule has 1 aliphatic heterocycles. The van der Waals surface area contributed by atoms with Crippen LogP contribution in [0.3, 0.4) is 0 Å². The van der Waals surface area contributed by atoms with Gasteiger partial charge in [0.05, 0.1) is 16.3 Å². The van der Waals surface area contributed by atoms with Crippen LogP contribution in [0.4, 0.5) is 5.69 Å². The van der Waals surface area contributed by atoms with E-state index >= 15 is 0 Å². The number of carbonyl (C=O) groups is 2. The molecule has 0 unspecified atom stereocenters. The van der Waals surface area contributed by atoms with Gasteiger partial charge in [0.25, 0.3) is 0 Å². The van der Waals surface area contributed by atoms with Crippen LogP contribution in [0, 0.1) is 0 Å². The lowest BCUT2D eigenvalue weighted by Gasteiger charge is -2.29. The van der Waals surface area contributed by atoms with Crippen LogP contribution in [0.15, 0.2) is 12.1 Å². The fourth-order valence-corrected chi connectivity index (χ4v) is 2.22. The van der Waals surface area contributed by atoms with E-state index in [0.717, 1.165) is 0 Å². The van der Waals surface area contributed by atoms with Gasteiger partial charge in [0, 0.05) is 19.4 Å². The van der Waals surface area contributed by atoms with E-state index in [0.29, 0.717) is 18.7 Å². The number of phenolic OH excluding ortho intramolecular Hbond substituents is 1. The van der Waals surface area contributed by atoms with Gasteiger partial charge in [-0.05, 0) is 12.1 Å². The van der Waals surface area contributed by atoms with Crippen LogP contribution >= 0.6 is 11.6 Å². The minimum absolute atomic E-state index is 0.0288. The molecule has 0 spiro atoms. The lowest BCUT2D eigenvalue weighted by molar-refractivity contribution is -0.118. The predicted molar refractivity (Wildman–Crippen MR) is 64.7 cm³/mol. The van der Waals surface area contributed by atoms with Crippen molar-refractivity contribution in [3.05, 3.63) is 22.7 Å². The smallest absolute Gasteiger partial charge is 0.226 e. The normalized spacial score (nSPS) is 14.7. The summed E-state index contributed by atoms with van der Waals surface area (Å²) in [5.41, 5.74) is 0.746. The Kier molecular flexibility index (Phi) is 3.07. The van der Waals surface area contributed by atoms with Crippen molar-refractivity contribution in [3.8, 4) is 5.75 Å². The number of phenols is 1. The molecule has 2 rings (SSSR count). The molecule has 1 aliphatic rings. The molecule has 0 aromatic heterocycles. The SMILES string of the molecule is CCC(=O)N1CCC(=O)c2c1ccc(O)c2Cl. The van der Waals surface area contributed by atoms with Gasteiger partial charge in [-0.25, -0.2) is 0 Å². The van der Waals surface area contributed by atoms with Gasteiger partial charge in [-0.2, -0.15) is 0 Å². The lowest BCUT2D eigenvalue weighted by Crippen LogP contribution is -2.37. The molecule has 17 heavy (non-hydrogen) atoms. The maximum Gasteiger partial charge on any atom is 0.226 e. The average Bonchev–Trinajstić information content (AvgIpc) is 2.33. The molecule has 0 radical (unpaired) electrons. The molecule has 0 bridgehead atoms. The van der Waals surface area contributed by atoms with Crippen molar-refractivity contribution < 1.29 is 14.7 Å². The first-order chi connectivity index (χ1) is 8.06. The highest BCUT2D eigenvalue weighted by Gasteiger charge is 2.29. The van der Waals surface area contributed by atoms with Gasteiger partial charge in [0.15, 0.2) is 5.78 Å². The molecule has 90 valence electrons. The summed E-state index contributed by atoms with van der Waals surface area (Å²) >= 11 is 5.91. The summed E-state index contributed by atoms with van der Waals surface area (Å²) < 4.78 is 0. The van der Waals surface area contributed by atoms with Crippen LogP contribution < -0.4 is 4.90 Å². The van der Waals surface area contributed by atoms with E-state index in [2.05, 4.69) is 0 Å². The van der Waals surface area contributed by atoms with Gasteiger partial charge < -0.3 is 10.0 Å². The zero-order chi connectivity index (χ0) is 12.6. The first-order valence-electron chi connectivity index (χ1n) is 5.41. The van der Waals surface area contributed by atoms with E-state index in [4.69, 9.17) is 11.6 Å². The second-order valence-corrected chi connectivity index (χ2v) is 4.24. The second kappa shape index (κ2) is 4.37. The average molecular weight is 254 g/mol. The Morgan fingerprint density at radius 3 is 2.88 bits per heavy atom. The van der Waals surface area contributed by atoms with Gasteiger partial charge in [-0.15, -0.1) is 0 Å². The van der Waals surface area contributed by atoms with Crippen LogP contribution in [-0.2, 0) is 4.79 Å². The van der Waals surface area contributed by atoms with Crippen molar-refractivity contribution in [2.45, 2.75) is 19.8 Å². The number of benzene rings is 1. The van der Waals surface area contributed by atoms with E-state index in [-0.39, 0.29) is 34.4 Å². The topological polar surface area (TPSA) is 57.6 Å². The third-order valence-electron chi connectivity index (χ3n) is 2.84. The highest BCUT2D eigenvalue weighted by Crippen LogP contribution is 2.38. The molecule has 1 aromatic carbocycles. The van der Waals surface area contributed by atoms with Crippen LogP contribution in [0.1, 0.15) is 30.1 Å². The minimum atomic E-state index is -0.138. The van der Waals surface area contributed by atoms with Crippen LogP contribution in [-0.4, -0.2) is 23.3 Å². The molecular weight excluding hydrogens is 242 g/mol. The molecule has 4 nitrogen and oxygen atoms in total. The Bertz CT molecular complexity index is 499. The number of amides is 1. The number of fused-ring (bicyclic) bond motifs is 1. The Hall–Kier alpha value is -1.55. The second-order valence-electron chi connectivity index (χ2n) is 3.86. The van der Waals surface area contributed by atoms with Crippen molar-refractivity contribution in [1.29, 1.82) is 0 Å². The maximum atomic E-state index is 11.8. The molecule has 0 saturated carbocycles. The fraction of sp³-hybridized carbons (Fsp3) is 0.333. The van der Waals surface area contributed by atoms with Crippen molar-refractivity contribution in [2.75, 3.05) is 11.4 Å². The lowest BCUT2D eigenvalue weighted by atomic mass is 9.99. The Morgan fingerprint density at radius 1 is 1.53 bits per heavy atom. The number of halogens is 1. The fourth-order valence-electron chi connectivity index (χ4n) is 1.95. The Balaban J connectivity index is 2.58. The number of carbonyl (C=O) groups excluding carboxylic acids is 2. The van der Waals surface area contributed by atoms with Crippen LogP contribution in [0.25, 0.3) is 0 Å². The van der Waals surface area contributed by atoms with Crippen molar-refractivity contribution >= 4 is 29.0 Å². The summed E-state index contributed by atoms with van der Waals surface area (Å²) in [4.78, 5) is 25.1. The molecule has 0 aliphatic carbocycles. The van der Waals surface area contributed by atoms with Crippen molar-refractivity contribution in [2.24, 2.45) is 0 Å². The summed E-state index contributed by atoms with van der Waals surface area (Å²) in [6, 6.07) is 2.96. The number of anilines is 1. The monoisotopic (exact) mass is 253 g/mol. The Morgan fingerprint density at radius 2 is 2.24 bits per heavy atom. The zero-order valence-corrected chi connectivity index (χ0v) is 10.1. The molecule has 0 saturated heterocycles. The number of nitrogens with zero attached hydrogens (tertiary/aromatic N) is 1. The molecule has 1 heterocycles. The third-order valence-corrected chi connectivity index (χ3v) is 3.22. The quantitative estimate of drug-likeness (QED) is 0.836. The van der Waals surface area contributed by atoms with E-state index in [1.165, 1.54) is 6.07 Å². The van der Waals surface area contributed by atoms with E-state index in [1.54, 1.807) is 17.9 Å². The molecular formula is C12H12ClNO3. The molecule has 5 heteroatoms. The summed E-state index contributed by atoms with van der Waals surface area (Å²) in [5.74, 6) is -0.328. The number of Topliss-reactive ketones (excluding diaryl/α,β-unsaturated/α-hetero) is 1. The summed E-state index contributed by atoms with van der Waals surface area (Å²) in [7, 11) is 0. The number of hydrogen-bond donors (Lipinski definition) is 1. The summed E-state index contributed by atoms with van der Waals surface area (Å²) in [6.45, 7) is 2.14. The van der Waals surface area contributed by atoms with Gasteiger partial charge >= 0.3 is 0 Å². The number of ketones is 1. The maximum absolute atomic E-state index is 11.8. The number of rotatable bonds is 1.